The van der Waals surface area contributed by atoms with E-state index >= 15 is 0 Å². The molecule has 0 heterocycles. The highest BCUT2D eigenvalue weighted by atomic mass is 32.2. The first-order valence-electron chi connectivity index (χ1n) is 7.09. The first-order chi connectivity index (χ1) is 11.5. The van der Waals surface area contributed by atoms with E-state index in [1.807, 2.05) is 42.5 Å². The molecule has 122 valence electrons. The third kappa shape index (κ3) is 3.54. The molecule has 0 aliphatic carbocycles. The summed E-state index contributed by atoms with van der Waals surface area (Å²) in [5.74, 6) is -4.78. The largest absolute Gasteiger partial charge is 0.323 e. The van der Waals surface area contributed by atoms with Crippen LogP contribution in [-0.2, 0) is 4.79 Å². The number of nitrogens with one attached hydrogen (secondary N) is 1. The Hall–Kier alpha value is -2.47. The molecule has 24 heavy (non-hydrogen) atoms. The molecule has 0 aliphatic heterocycles. The third-order valence-electron chi connectivity index (χ3n) is 3.40. The Balaban J connectivity index is 1.65. The lowest BCUT2D eigenvalue weighted by Crippen LogP contribution is -2.15. The smallest absolute Gasteiger partial charge is 0.234 e. The van der Waals surface area contributed by atoms with Crippen LogP contribution in [0.3, 0.4) is 0 Å². The maximum absolute atomic E-state index is 13.5. The topological polar surface area (TPSA) is 29.1 Å². The van der Waals surface area contributed by atoms with E-state index in [9.17, 15) is 18.0 Å². The van der Waals surface area contributed by atoms with Crippen LogP contribution in [0.15, 0.2) is 59.5 Å². The first kappa shape index (κ1) is 16.4. The fraction of sp³-hybridized carbons (Fsp3) is 0.0556. The lowest BCUT2D eigenvalue weighted by molar-refractivity contribution is -0.113. The average Bonchev–Trinajstić information content (AvgIpc) is 2.60. The Labute approximate surface area is 140 Å². The average molecular weight is 347 g/mol. The van der Waals surface area contributed by atoms with Gasteiger partial charge in [0.1, 0.15) is 0 Å². The van der Waals surface area contributed by atoms with Gasteiger partial charge in [-0.3, -0.25) is 4.79 Å². The van der Waals surface area contributed by atoms with E-state index in [4.69, 9.17) is 0 Å². The molecule has 3 aromatic carbocycles. The Morgan fingerprint density at radius 1 is 0.917 bits per heavy atom. The fourth-order valence-corrected chi connectivity index (χ4v) is 2.96. The molecule has 0 saturated carbocycles. The van der Waals surface area contributed by atoms with Gasteiger partial charge < -0.3 is 5.32 Å². The molecule has 0 aliphatic rings. The van der Waals surface area contributed by atoms with Crippen molar-refractivity contribution in [3.8, 4) is 0 Å². The van der Waals surface area contributed by atoms with Gasteiger partial charge in [-0.05, 0) is 35.0 Å². The molecule has 0 saturated heterocycles. The second-order valence-corrected chi connectivity index (χ2v) is 6.12. The van der Waals surface area contributed by atoms with Gasteiger partial charge in [-0.15, -0.1) is 11.8 Å². The lowest BCUT2D eigenvalue weighted by Gasteiger charge is -2.08. The Morgan fingerprint density at radius 2 is 1.67 bits per heavy atom. The van der Waals surface area contributed by atoms with Crippen LogP contribution in [-0.4, -0.2) is 11.7 Å². The summed E-state index contributed by atoms with van der Waals surface area (Å²) in [5.41, 5.74) is -0.377. The molecular formula is C18H12F3NOS. The van der Waals surface area contributed by atoms with Crippen LogP contribution >= 0.6 is 11.8 Å². The predicted octanol–water partition coefficient (Wildman–Crippen LogP) is 4.99. The zero-order valence-electron chi connectivity index (χ0n) is 12.4. The molecule has 3 rings (SSSR count). The summed E-state index contributed by atoms with van der Waals surface area (Å²) in [6.45, 7) is 0. The van der Waals surface area contributed by atoms with Crippen LogP contribution < -0.4 is 5.32 Å². The second-order valence-electron chi connectivity index (χ2n) is 5.07. The molecular weight excluding hydrogens is 335 g/mol. The minimum absolute atomic E-state index is 0.0246. The van der Waals surface area contributed by atoms with Gasteiger partial charge in [0, 0.05) is 4.90 Å². The third-order valence-corrected chi connectivity index (χ3v) is 4.39. The van der Waals surface area contributed by atoms with Crippen LogP contribution in [0.2, 0.25) is 0 Å². The summed E-state index contributed by atoms with van der Waals surface area (Å²) in [4.78, 5) is 12.8. The van der Waals surface area contributed by atoms with Gasteiger partial charge in [-0.2, -0.15) is 0 Å². The van der Waals surface area contributed by atoms with Crippen molar-refractivity contribution in [2.45, 2.75) is 4.90 Å². The van der Waals surface area contributed by atoms with Crippen molar-refractivity contribution in [1.82, 2.24) is 0 Å². The van der Waals surface area contributed by atoms with Crippen molar-refractivity contribution >= 4 is 34.1 Å². The summed E-state index contributed by atoms with van der Waals surface area (Å²) in [6.07, 6.45) is 0. The van der Waals surface area contributed by atoms with Crippen LogP contribution in [0.1, 0.15) is 0 Å². The number of hydrogen-bond donors (Lipinski definition) is 1. The molecule has 0 radical (unpaired) electrons. The molecule has 1 N–H and O–H groups in total. The highest BCUT2D eigenvalue weighted by Crippen LogP contribution is 2.24. The van der Waals surface area contributed by atoms with E-state index in [0.717, 1.165) is 27.8 Å². The SMILES string of the molecule is O=C(CSc1ccc2ccccc2c1)Nc1ccc(F)c(F)c1F. The van der Waals surface area contributed by atoms with Gasteiger partial charge in [-0.1, -0.05) is 30.3 Å². The Kier molecular flexibility index (Phi) is 4.76. The van der Waals surface area contributed by atoms with E-state index < -0.39 is 23.4 Å². The van der Waals surface area contributed by atoms with Crippen molar-refractivity contribution in [1.29, 1.82) is 0 Å². The number of benzene rings is 3. The molecule has 0 unspecified atom stereocenters. The molecule has 0 fully saturated rings. The van der Waals surface area contributed by atoms with Crippen molar-refractivity contribution in [2.24, 2.45) is 0 Å². The van der Waals surface area contributed by atoms with Gasteiger partial charge >= 0.3 is 0 Å². The van der Waals surface area contributed by atoms with E-state index in [1.165, 1.54) is 11.8 Å². The van der Waals surface area contributed by atoms with E-state index in [1.54, 1.807) is 0 Å². The molecule has 1 amide bonds. The fourth-order valence-electron chi connectivity index (χ4n) is 2.21. The minimum atomic E-state index is -1.60. The van der Waals surface area contributed by atoms with Crippen LogP contribution in [0.4, 0.5) is 18.9 Å². The predicted molar refractivity (Wildman–Crippen MR) is 89.6 cm³/mol. The van der Waals surface area contributed by atoms with Gasteiger partial charge in [0.15, 0.2) is 17.5 Å². The summed E-state index contributed by atoms with van der Waals surface area (Å²) in [6, 6.07) is 15.4. The zero-order valence-corrected chi connectivity index (χ0v) is 13.2. The highest BCUT2D eigenvalue weighted by Gasteiger charge is 2.15. The number of rotatable bonds is 4. The van der Waals surface area contributed by atoms with Crippen LogP contribution in [0.25, 0.3) is 10.8 Å². The maximum atomic E-state index is 13.5. The van der Waals surface area contributed by atoms with Crippen molar-refractivity contribution in [3.05, 3.63) is 72.0 Å². The number of carbonyl (C=O) groups is 1. The molecule has 2 nitrogen and oxygen atoms in total. The van der Waals surface area contributed by atoms with Gasteiger partial charge in [-0.25, -0.2) is 13.2 Å². The monoisotopic (exact) mass is 347 g/mol. The molecule has 0 spiro atoms. The van der Waals surface area contributed by atoms with Gasteiger partial charge in [0.2, 0.25) is 5.91 Å². The van der Waals surface area contributed by atoms with Gasteiger partial charge in [0.25, 0.3) is 0 Å². The molecule has 0 atom stereocenters. The number of halogens is 3. The Bertz CT molecular complexity index is 914. The van der Waals surface area contributed by atoms with Crippen LogP contribution in [0, 0.1) is 17.5 Å². The summed E-state index contributed by atoms with van der Waals surface area (Å²) >= 11 is 1.27. The van der Waals surface area contributed by atoms with E-state index in [-0.39, 0.29) is 11.4 Å². The molecule has 0 bridgehead atoms. The van der Waals surface area contributed by atoms with Crippen LogP contribution in [0.5, 0.6) is 0 Å². The number of amides is 1. The minimum Gasteiger partial charge on any atom is -0.323 e. The molecule has 6 heteroatoms. The van der Waals surface area contributed by atoms with Crippen molar-refractivity contribution < 1.29 is 18.0 Å². The van der Waals surface area contributed by atoms with Crippen molar-refractivity contribution in [2.75, 3.05) is 11.1 Å². The number of fused-ring (bicyclic) bond motifs is 1. The maximum Gasteiger partial charge on any atom is 0.234 e. The molecule has 0 aromatic heterocycles. The first-order valence-corrected chi connectivity index (χ1v) is 8.08. The zero-order chi connectivity index (χ0) is 17.1. The number of thioether (sulfide) groups is 1. The number of carbonyl (C=O) groups excluding carboxylic acids is 1. The van der Waals surface area contributed by atoms with Crippen molar-refractivity contribution in [3.63, 3.8) is 0 Å². The lowest BCUT2D eigenvalue weighted by atomic mass is 10.1. The highest BCUT2D eigenvalue weighted by molar-refractivity contribution is 8.00. The van der Waals surface area contributed by atoms with E-state index in [2.05, 4.69) is 5.32 Å². The number of anilines is 1. The van der Waals surface area contributed by atoms with Gasteiger partial charge in [0.05, 0.1) is 11.4 Å². The standard InChI is InChI=1S/C18H12F3NOS/c19-14-7-8-15(18(21)17(14)20)22-16(23)10-24-13-6-5-11-3-1-2-4-12(11)9-13/h1-9H,10H2,(H,22,23). The molecule has 3 aromatic rings. The summed E-state index contributed by atoms with van der Waals surface area (Å²) < 4.78 is 39.5. The quantitative estimate of drug-likeness (QED) is 0.532. The summed E-state index contributed by atoms with van der Waals surface area (Å²) in [7, 11) is 0. The summed E-state index contributed by atoms with van der Waals surface area (Å²) in [5, 5.41) is 4.39. The second kappa shape index (κ2) is 6.97. The number of hydrogen-bond acceptors (Lipinski definition) is 2. The Morgan fingerprint density at radius 3 is 2.46 bits per heavy atom. The van der Waals surface area contributed by atoms with E-state index in [0.29, 0.717) is 0 Å². The normalized spacial score (nSPS) is 10.8.